The third-order valence-electron chi connectivity index (χ3n) is 4.13. The van der Waals surface area contributed by atoms with Gasteiger partial charge in [0, 0.05) is 19.6 Å². The molecule has 0 aliphatic carbocycles. The zero-order valence-electron chi connectivity index (χ0n) is 13.8. The molecule has 1 aromatic carbocycles. The van der Waals surface area contributed by atoms with Crippen LogP contribution in [0.25, 0.3) is 10.2 Å². The number of ether oxygens (including phenoxy) is 1. The summed E-state index contributed by atoms with van der Waals surface area (Å²) in [5, 5.41) is 4.02. The SMILES string of the molecule is COc1ccc2nc(N3CC(C(=O)NCCC(C)C)C3)sc2c1. The Bertz CT molecular complexity index is 692. The Labute approximate surface area is 140 Å². The fraction of sp³-hybridized carbons (Fsp3) is 0.529. The molecular weight excluding hydrogens is 310 g/mol. The molecule has 23 heavy (non-hydrogen) atoms. The lowest BCUT2D eigenvalue weighted by Gasteiger charge is -2.38. The van der Waals surface area contributed by atoms with Crippen LogP contribution in [0.4, 0.5) is 5.13 Å². The van der Waals surface area contributed by atoms with Crippen molar-refractivity contribution in [2.24, 2.45) is 11.8 Å². The maximum Gasteiger partial charge on any atom is 0.226 e. The van der Waals surface area contributed by atoms with Crippen LogP contribution in [-0.4, -0.2) is 37.6 Å². The standard InChI is InChI=1S/C17H23N3O2S/c1-11(2)6-7-18-16(21)12-9-20(10-12)17-19-14-5-4-13(22-3)8-15(14)23-17/h4-5,8,11-12H,6-7,9-10H2,1-3H3,(H,18,21). The molecule has 0 saturated carbocycles. The van der Waals surface area contributed by atoms with Crippen molar-refractivity contribution in [1.82, 2.24) is 10.3 Å². The molecule has 1 fully saturated rings. The highest BCUT2D eigenvalue weighted by Crippen LogP contribution is 2.34. The van der Waals surface area contributed by atoms with Crippen LogP contribution in [0.5, 0.6) is 5.75 Å². The summed E-state index contributed by atoms with van der Waals surface area (Å²) in [4.78, 5) is 18.9. The number of hydrogen-bond acceptors (Lipinski definition) is 5. The van der Waals surface area contributed by atoms with E-state index < -0.39 is 0 Å². The number of methoxy groups -OCH3 is 1. The number of amides is 1. The van der Waals surface area contributed by atoms with E-state index in [1.54, 1.807) is 18.4 Å². The number of anilines is 1. The molecule has 2 heterocycles. The molecule has 1 amide bonds. The van der Waals surface area contributed by atoms with Crippen LogP contribution in [0.15, 0.2) is 18.2 Å². The van der Waals surface area contributed by atoms with E-state index in [-0.39, 0.29) is 11.8 Å². The average Bonchev–Trinajstić information content (AvgIpc) is 2.87. The zero-order chi connectivity index (χ0) is 16.4. The van der Waals surface area contributed by atoms with Gasteiger partial charge in [0.25, 0.3) is 0 Å². The average molecular weight is 333 g/mol. The minimum absolute atomic E-state index is 0.0868. The highest BCUT2D eigenvalue weighted by molar-refractivity contribution is 7.22. The van der Waals surface area contributed by atoms with Gasteiger partial charge >= 0.3 is 0 Å². The molecule has 6 heteroatoms. The van der Waals surface area contributed by atoms with Crippen LogP contribution in [0.2, 0.25) is 0 Å². The van der Waals surface area contributed by atoms with Crippen molar-refractivity contribution >= 4 is 32.6 Å². The topological polar surface area (TPSA) is 54.5 Å². The fourth-order valence-electron chi connectivity index (χ4n) is 2.58. The van der Waals surface area contributed by atoms with Crippen molar-refractivity contribution in [3.8, 4) is 5.75 Å². The number of nitrogens with one attached hydrogen (secondary N) is 1. The Morgan fingerprint density at radius 1 is 1.48 bits per heavy atom. The third-order valence-corrected chi connectivity index (χ3v) is 5.21. The van der Waals surface area contributed by atoms with Gasteiger partial charge in [-0.15, -0.1) is 0 Å². The molecule has 1 aliphatic heterocycles. The largest absolute Gasteiger partial charge is 0.497 e. The third kappa shape index (κ3) is 3.58. The Morgan fingerprint density at radius 2 is 2.26 bits per heavy atom. The highest BCUT2D eigenvalue weighted by atomic mass is 32.1. The maximum absolute atomic E-state index is 12.1. The molecule has 1 N–H and O–H groups in total. The molecular formula is C17H23N3O2S. The molecule has 1 saturated heterocycles. The van der Waals surface area contributed by atoms with Crippen molar-refractivity contribution in [1.29, 1.82) is 0 Å². The summed E-state index contributed by atoms with van der Waals surface area (Å²) >= 11 is 1.65. The number of aromatic nitrogens is 1. The van der Waals surface area contributed by atoms with Crippen LogP contribution < -0.4 is 15.0 Å². The lowest BCUT2D eigenvalue weighted by molar-refractivity contribution is -0.125. The molecule has 0 unspecified atom stereocenters. The summed E-state index contributed by atoms with van der Waals surface area (Å²) in [5.41, 5.74) is 0.982. The van der Waals surface area contributed by atoms with Gasteiger partial charge < -0.3 is 15.0 Å². The molecule has 3 rings (SSSR count). The molecule has 0 spiro atoms. The Balaban J connectivity index is 1.55. The van der Waals surface area contributed by atoms with Crippen molar-refractivity contribution in [2.45, 2.75) is 20.3 Å². The number of nitrogens with zero attached hydrogens (tertiary/aromatic N) is 2. The van der Waals surface area contributed by atoms with E-state index in [0.717, 1.165) is 47.2 Å². The predicted molar refractivity (Wildman–Crippen MR) is 94.3 cm³/mol. The van der Waals surface area contributed by atoms with Gasteiger partial charge in [-0.2, -0.15) is 0 Å². The zero-order valence-corrected chi connectivity index (χ0v) is 14.7. The van der Waals surface area contributed by atoms with Crippen molar-refractivity contribution in [2.75, 3.05) is 31.6 Å². The van der Waals surface area contributed by atoms with E-state index >= 15 is 0 Å². The first-order valence-electron chi connectivity index (χ1n) is 8.04. The van der Waals surface area contributed by atoms with E-state index in [0.29, 0.717) is 5.92 Å². The summed E-state index contributed by atoms with van der Waals surface area (Å²) in [6.45, 7) is 6.61. The number of fused-ring (bicyclic) bond motifs is 1. The molecule has 1 aliphatic rings. The van der Waals surface area contributed by atoms with Crippen molar-refractivity contribution in [3.05, 3.63) is 18.2 Å². The Hall–Kier alpha value is -1.82. The van der Waals surface area contributed by atoms with Crippen LogP contribution >= 0.6 is 11.3 Å². The second kappa shape index (κ2) is 6.74. The number of carbonyl (C=O) groups is 1. The van der Waals surface area contributed by atoms with E-state index in [9.17, 15) is 4.79 Å². The molecule has 5 nitrogen and oxygen atoms in total. The summed E-state index contributed by atoms with van der Waals surface area (Å²) in [6, 6.07) is 5.91. The van der Waals surface area contributed by atoms with Gasteiger partial charge in [-0.25, -0.2) is 4.98 Å². The van der Waals surface area contributed by atoms with Gasteiger partial charge in [-0.05, 0) is 30.5 Å². The van der Waals surface area contributed by atoms with Crippen LogP contribution in [0.1, 0.15) is 20.3 Å². The van der Waals surface area contributed by atoms with E-state index in [1.165, 1.54) is 0 Å². The highest BCUT2D eigenvalue weighted by Gasteiger charge is 2.34. The predicted octanol–water partition coefficient (Wildman–Crippen LogP) is 2.90. The second-order valence-corrected chi connectivity index (χ2v) is 7.41. The monoisotopic (exact) mass is 333 g/mol. The first-order chi connectivity index (χ1) is 11.1. The molecule has 124 valence electrons. The van der Waals surface area contributed by atoms with Crippen LogP contribution in [-0.2, 0) is 4.79 Å². The number of thiazole rings is 1. The molecule has 2 aromatic rings. The van der Waals surface area contributed by atoms with E-state index in [4.69, 9.17) is 4.74 Å². The summed E-state index contributed by atoms with van der Waals surface area (Å²) in [5.74, 6) is 1.72. The number of carbonyl (C=O) groups excluding carboxylic acids is 1. The van der Waals surface area contributed by atoms with Gasteiger partial charge in [0.15, 0.2) is 5.13 Å². The fourth-order valence-corrected chi connectivity index (χ4v) is 3.60. The first-order valence-corrected chi connectivity index (χ1v) is 8.85. The summed E-state index contributed by atoms with van der Waals surface area (Å²) < 4.78 is 6.36. The number of benzene rings is 1. The number of hydrogen-bond donors (Lipinski definition) is 1. The molecule has 0 atom stereocenters. The minimum Gasteiger partial charge on any atom is -0.497 e. The van der Waals surface area contributed by atoms with E-state index in [1.807, 2.05) is 18.2 Å². The Kier molecular flexibility index (Phi) is 4.71. The quantitative estimate of drug-likeness (QED) is 0.883. The second-order valence-electron chi connectivity index (χ2n) is 6.41. The van der Waals surface area contributed by atoms with Crippen molar-refractivity contribution < 1.29 is 9.53 Å². The smallest absolute Gasteiger partial charge is 0.226 e. The number of rotatable bonds is 6. The van der Waals surface area contributed by atoms with Gasteiger partial charge in [-0.1, -0.05) is 25.2 Å². The van der Waals surface area contributed by atoms with Crippen LogP contribution in [0, 0.1) is 11.8 Å². The molecule has 0 bridgehead atoms. The first kappa shape index (κ1) is 16.1. The minimum atomic E-state index is 0.0868. The van der Waals surface area contributed by atoms with Crippen LogP contribution in [0.3, 0.4) is 0 Å². The summed E-state index contributed by atoms with van der Waals surface area (Å²) in [7, 11) is 1.67. The normalized spacial score (nSPS) is 15.0. The lowest BCUT2D eigenvalue weighted by Crippen LogP contribution is -2.53. The van der Waals surface area contributed by atoms with E-state index in [2.05, 4.69) is 29.0 Å². The van der Waals surface area contributed by atoms with Crippen molar-refractivity contribution in [3.63, 3.8) is 0 Å². The molecule has 1 aromatic heterocycles. The van der Waals surface area contributed by atoms with Gasteiger partial charge in [0.1, 0.15) is 5.75 Å². The Morgan fingerprint density at radius 3 is 2.96 bits per heavy atom. The lowest BCUT2D eigenvalue weighted by atomic mass is 10.00. The van der Waals surface area contributed by atoms with Gasteiger partial charge in [0.2, 0.25) is 5.91 Å². The maximum atomic E-state index is 12.1. The molecule has 0 radical (unpaired) electrons. The summed E-state index contributed by atoms with van der Waals surface area (Å²) in [6.07, 6.45) is 1.03. The van der Waals surface area contributed by atoms with Gasteiger partial charge in [-0.3, -0.25) is 4.79 Å². The van der Waals surface area contributed by atoms with Gasteiger partial charge in [0.05, 0.1) is 23.2 Å².